The number of anilines is 2. The fraction of sp³-hybridized carbons (Fsp3) is 0.400. The summed E-state index contributed by atoms with van der Waals surface area (Å²) in [5.74, 6) is 2.97. The van der Waals surface area contributed by atoms with E-state index in [9.17, 15) is 4.79 Å². The van der Waals surface area contributed by atoms with Crippen molar-refractivity contribution in [3.8, 4) is 17.1 Å². The van der Waals surface area contributed by atoms with Crippen LogP contribution in [0.5, 0.6) is 0 Å². The molecule has 0 aliphatic carbocycles. The van der Waals surface area contributed by atoms with Crippen molar-refractivity contribution < 1.29 is 9.53 Å². The number of carbonyl (C=O) groups excluding carboxylic acids is 1. The summed E-state index contributed by atoms with van der Waals surface area (Å²) >= 11 is 0. The van der Waals surface area contributed by atoms with E-state index < -0.39 is 6.09 Å². The summed E-state index contributed by atoms with van der Waals surface area (Å²) in [6.07, 6.45) is 5.24. The molecule has 10 heteroatoms. The first-order chi connectivity index (χ1) is 14.5. The smallest absolute Gasteiger partial charge is 0.411 e. The lowest BCUT2D eigenvalue weighted by molar-refractivity contribution is 0.187. The Kier molecular flexibility index (Phi) is 5.06. The summed E-state index contributed by atoms with van der Waals surface area (Å²) in [6, 6.07) is 2.00. The predicted octanol–water partition coefficient (Wildman–Crippen LogP) is 3.29. The number of rotatable bonds is 4. The van der Waals surface area contributed by atoms with Crippen LogP contribution in [-0.2, 0) is 4.74 Å². The molecule has 1 atom stereocenters. The van der Waals surface area contributed by atoms with Crippen LogP contribution in [0, 0.1) is 6.92 Å². The summed E-state index contributed by atoms with van der Waals surface area (Å²) in [5.41, 5.74) is 1.97. The predicted molar refractivity (Wildman–Crippen MR) is 112 cm³/mol. The van der Waals surface area contributed by atoms with E-state index >= 15 is 0 Å². The minimum atomic E-state index is -0.582. The number of carbonyl (C=O) groups is 1. The van der Waals surface area contributed by atoms with Crippen molar-refractivity contribution in [3.63, 3.8) is 0 Å². The SMILES string of the molecule is CC[C@@H]1c2nnc(C)n2-c2cnc(-c3ccncc3NC(=O)OC)nc2N1C(C)C. The normalized spacial score (nSPS) is 15.0. The van der Waals surface area contributed by atoms with Gasteiger partial charge < -0.3 is 9.64 Å². The minimum Gasteiger partial charge on any atom is -0.453 e. The van der Waals surface area contributed by atoms with Gasteiger partial charge in [0.2, 0.25) is 0 Å². The number of aromatic nitrogens is 6. The third-order valence-electron chi connectivity index (χ3n) is 5.15. The molecule has 0 saturated heterocycles. The van der Waals surface area contributed by atoms with Crippen molar-refractivity contribution in [1.82, 2.24) is 29.7 Å². The second-order valence-corrected chi connectivity index (χ2v) is 7.31. The van der Waals surface area contributed by atoms with Gasteiger partial charge in [-0.05, 0) is 33.3 Å². The average molecular weight is 408 g/mol. The van der Waals surface area contributed by atoms with E-state index in [1.807, 2.05) is 11.5 Å². The number of fused-ring (bicyclic) bond motifs is 3. The Hall–Kier alpha value is -3.56. The summed E-state index contributed by atoms with van der Waals surface area (Å²) in [4.78, 5) is 27.6. The number of nitrogens with zero attached hydrogens (tertiary/aromatic N) is 7. The Morgan fingerprint density at radius 3 is 2.80 bits per heavy atom. The lowest BCUT2D eigenvalue weighted by atomic mass is 10.1. The maximum atomic E-state index is 11.7. The largest absolute Gasteiger partial charge is 0.453 e. The molecule has 30 heavy (non-hydrogen) atoms. The second kappa shape index (κ2) is 7.69. The molecule has 0 spiro atoms. The van der Waals surface area contributed by atoms with Crippen LogP contribution in [0.1, 0.15) is 44.9 Å². The number of nitrogens with one attached hydrogen (secondary N) is 1. The van der Waals surface area contributed by atoms with Crippen LogP contribution in [-0.4, -0.2) is 49.0 Å². The van der Waals surface area contributed by atoms with Crippen molar-refractivity contribution in [2.24, 2.45) is 0 Å². The van der Waals surface area contributed by atoms with Gasteiger partial charge in [-0.15, -0.1) is 10.2 Å². The van der Waals surface area contributed by atoms with Crippen molar-refractivity contribution in [1.29, 1.82) is 0 Å². The number of pyridine rings is 1. The van der Waals surface area contributed by atoms with E-state index in [4.69, 9.17) is 9.72 Å². The fourth-order valence-electron chi connectivity index (χ4n) is 3.84. The molecule has 4 rings (SSSR count). The van der Waals surface area contributed by atoms with E-state index in [0.717, 1.165) is 29.6 Å². The van der Waals surface area contributed by atoms with Crippen LogP contribution >= 0.6 is 0 Å². The monoisotopic (exact) mass is 408 g/mol. The van der Waals surface area contributed by atoms with Gasteiger partial charge in [0.25, 0.3) is 0 Å². The maximum Gasteiger partial charge on any atom is 0.411 e. The van der Waals surface area contributed by atoms with E-state index in [1.54, 1.807) is 24.7 Å². The summed E-state index contributed by atoms with van der Waals surface area (Å²) in [6.45, 7) is 8.31. The first-order valence-corrected chi connectivity index (χ1v) is 9.83. The molecule has 3 aromatic heterocycles. The molecule has 0 radical (unpaired) electrons. The Balaban J connectivity index is 1.89. The molecule has 1 amide bonds. The fourth-order valence-corrected chi connectivity index (χ4v) is 3.84. The average Bonchev–Trinajstić information content (AvgIpc) is 3.14. The molecule has 1 N–H and O–H groups in total. The Morgan fingerprint density at radius 1 is 1.30 bits per heavy atom. The molecule has 3 aromatic rings. The van der Waals surface area contributed by atoms with Crippen molar-refractivity contribution >= 4 is 17.6 Å². The molecular weight excluding hydrogens is 384 g/mol. The van der Waals surface area contributed by atoms with Gasteiger partial charge in [-0.25, -0.2) is 14.8 Å². The molecule has 0 unspecified atom stereocenters. The first kappa shape index (κ1) is 19.7. The highest BCUT2D eigenvalue weighted by Crippen LogP contribution is 2.40. The van der Waals surface area contributed by atoms with Crippen LogP contribution in [0.4, 0.5) is 16.3 Å². The zero-order chi connectivity index (χ0) is 21.4. The van der Waals surface area contributed by atoms with E-state index in [-0.39, 0.29) is 12.1 Å². The number of hydrogen-bond acceptors (Lipinski definition) is 8. The third kappa shape index (κ3) is 3.14. The van der Waals surface area contributed by atoms with Crippen molar-refractivity contribution in [2.45, 2.75) is 46.2 Å². The van der Waals surface area contributed by atoms with Gasteiger partial charge in [0.15, 0.2) is 17.5 Å². The Labute approximate surface area is 174 Å². The van der Waals surface area contributed by atoms with Gasteiger partial charge in [-0.2, -0.15) is 0 Å². The van der Waals surface area contributed by atoms with Gasteiger partial charge in [0.1, 0.15) is 11.5 Å². The molecule has 0 aromatic carbocycles. The number of aryl methyl sites for hydroxylation is 1. The topological polar surface area (TPSA) is 111 Å². The summed E-state index contributed by atoms with van der Waals surface area (Å²) in [7, 11) is 1.31. The molecule has 4 heterocycles. The lowest BCUT2D eigenvalue weighted by Crippen LogP contribution is -2.40. The number of methoxy groups -OCH3 is 1. The summed E-state index contributed by atoms with van der Waals surface area (Å²) < 4.78 is 6.73. The molecule has 1 aliphatic heterocycles. The molecule has 0 bridgehead atoms. The van der Waals surface area contributed by atoms with Crippen LogP contribution in [0.2, 0.25) is 0 Å². The van der Waals surface area contributed by atoms with E-state index in [2.05, 4.69) is 51.2 Å². The molecule has 10 nitrogen and oxygen atoms in total. The Bertz CT molecular complexity index is 1090. The van der Waals surface area contributed by atoms with Crippen molar-refractivity contribution in [2.75, 3.05) is 17.3 Å². The van der Waals surface area contributed by atoms with E-state index in [1.165, 1.54) is 7.11 Å². The highest BCUT2D eigenvalue weighted by Gasteiger charge is 2.36. The van der Waals surface area contributed by atoms with Crippen LogP contribution in [0.25, 0.3) is 17.1 Å². The van der Waals surface area contributed by atoms with Crippen molar-refractivity contribution in [3.05, 3.63) is 36.3 Å². The van der Waals surface area contributed by atoms with Crippen LogP contribution < -0.4 is 10.2 Å². The zero-order valence-electron chi connectivity index (χ0n) is 17.6. The van der Waals surface area contributed by atoms with E-state index in [0.29, 0.717) is 17.1 Å². The Morgan fingerprint density at radius 2 is 2.10 bits per heavy atom. The molecular formula is C20H24N8O2. The third-order valence-corrected chi connectivity index (χ3v) is 5.15. The van der Waals surface area contributed by atoms with Gasteiger partial charge in [-0.1, -0.05) is 6.92 Å². The van der Waals surface area contributed by atoms with Crippen LogP contribution in [0.3, 0.4) is 0 Å². The molecule has 0 saturated carbocycles. The number of hydrogen-bond donors (Lipinski definition) is 1. The number of amides is 1. The maximum absolute atomic E-state index is 11.7. The molecule has 156 valence electrons. The van der Waals surface area contributed by atoms with Gasteiger partial charge >= 0.3 is 6.09 Å². The van der Waals surface area contributed by atoms with Crippen LogP contribution in [0.15, 0.2) is 24.7 Å². The molecule has 0 fully saturated rings. The summed E-state index contributed by atoms with van der Waals surface area (Å²) in [5, 5.41) is 11.4. The first-order valence-electron chi connectivity index (χ1n) is 9.83. The highest BCUT2D eigenvalue weighted by molar-refractivity contribution is 5.90. The highest BCUT2D eigenvalue weighted by atomic mass is 16.5. The number of ether oxygens (including phenoxy) is 1. The minimum absolute atomic E-state index is 0.0477. The van der Waals surface area contributed by atoms with Gasteiger partial charge in [-0.3, -0.25) is 14.9 Å². The quantitative estimate of drug-likeness (QED) is 0.700. The zero-order valence-corrected chi connectivity index (χ0v) is 17.6. The molecule has 1 aliphatic rings. The standard InChI is InChI=1S/C20H24N8O2/c1-6-15-19-26-25-12(4)28(19)16-10-22-17(24-18(16)27(15)11(2)3)13-7-8-21-9-14(13)23-20(29)30-5/h7-11,15H,6H2,1-5H3,(H,23,29)/t15-/m1/s1. The second-order valence-electron chi connectivity index (χ2n) is 7.31. The lowest BCUT2D eigenvalue weighted by Gasteiger charge is -2.39. The van der Waals surface area contributed by atoms with Gasteiger partial charge in [0, 0.05) is 17.8 Å². The van der Waals surface area contributed by atoms with Gasteiger partial charge in [0.05, 0.1) is 31.2 Å².